The molecule has 0 aliphatic heterocycles. The Morgan fingerprint density at radius 2 is 2.15 bits per heavy atom. The average molecular weight is 269 g/mol. The zero-order valence-corrected chi connectivity index (χ0v) is 10.6. The summed E-state index contributed by atoms with van der Waals surface area (Å²) in [7, 11) is 0. The molecule has 0 aliphatic rings. The predicted octanol–water partition coefficient (Wildman–Crippen LogP) is 2.08. The highest BCUT2D eigenvalue weighted by molar-refractivity contribution is 6.05. The predicted molar refractivity (Wildman–Crippen MR) is 73.8 cm³/mol. The Bertz CT molecular complexity index is 848. The molecule has 0 unspecified atom stereocenters. The van der Waals surface area contributed by atoms with Crippen molar-refractivity contribution in [1.29, 1.82) is 0 Å². The van der Waals surface area contributed by atoms with E-state index in [1.54, 1.807) is 36.5 Å². The minimum Gasteiger partial charge on any atom is -0.408 e. The Labute approximate surface area is 113 Å². The number of aromatic amines is 1. The third-order valence-electron chi connectivity index (χ3n) is 2.84. The SMILES string of the molecule is Cc1cc(NC(=O)c2ccc3oc(=O)[nH]c3c2)ccn1. The van der Waals surface area contributed by atoms with E-state index in [1.165, 1.54) is 0 Å². The highest BCUT2D eigenvalue weighted by atomic mass is 16.4. The minimum absolute atomic E-state index is 0.264. The maximum absolute atomic E-state index is 12.1. The molecule has 100 valence electrons. The first-order valence-electron chi connectivity index (χ1n) is 5.99. The first-order valence-corrected chi connectivity index (χ1v) is 5.99. The van der Waals surface area contributed by atoms with Crippen molar-refractivity contribution in [2.24, 2.45) is 0 Å². The molecule has 0 aliphatic carbocycles. The molecule has 1 amide bonds. The Balaban J connectivity index is 1.90. The normalized spacial score (nSPS) is 10.7. The average Bonchev–Trinajstić information content (AvgIpc) is 2.77. The van der Waals surface area contributed by atoms with Crippen molar-refractivity contribution >= 4 is 22.7 Å². The molecule has 1 aromatic carbocycles. The Morgan fingerprint density at radius 3 is 2.95 bits per heavy atom. The van der Waals surface area contributed by atoms with Gasteiger partial charge in [-0.3, -0.25) is 14.8 Å². The lowest BCUT2D eigenvalue weighted by Crippen LogP contribution is -2.11. The van der Waals surface area contributed by atoms with Crippen LogP contribution in [0.2, 0.25) is 0 Å². The van der Waals surface area contributed by atoms with Crippen LogP contribution in [0, 0.1) is 6.92 Å². The van der Waals surface area contributed by atoms with Gasteiger partial charge in [0.15, 0.2) is 5.58 Å². The van der Waals surface area contributed by atoms with E-state index < -0.39 is 5.76 Å². The largest absolute Gasteiger partial charge is 0.417 e. The summed E-state index contributed by atoms with van der Waals surface area (Å²) in [6.45, 7) is 1.85. The monoisotopic (exact) mass is 269 g/mol. The van der Waals surface area contributed by atoms with Gasteiger partial charge in [-0.2, -0.15) is 0 Å². The highest BCUT2D eigenvalue weighted by Crippen LogP contribution is 2.14. The number of nitrogens with zero attached hydrogens (tertiary/aromatic N) is 1. The van der Waals surface area contributed by atoms with Crippen LogP contribution in [0.4, 0.5) is 5.69 Å². The van der Waals surface area contributed by atoms with Crippen molar-refractivity contribution in [3.05, 3.63) is 58.3 Å². The molecule has 0 bridgehead atoms. The summed E-state index contributed by atoms with van der Waals surface area (Å²) >= 11 is 0. The molecule has 6 nitrogen and oxygen atoms in total. The molecule has 2 aromatic heterocycles. The second-order valence-electron chi connectivity index (χ2n) is 4.37. The van der Waals surface area contributed by atoms with Crippen molar-refractivity contribution in [3.63, 3.8) is 0 Å². The minimum atomic E-state index is -0.540. The van der Waals surface area contributed by atoms with Gasteiger partial charge in [0.05, 0.1) is 5.52 Å². The first-order chi connectivity index (χ1) is 9.61. The number of benzene rings is 1. The Morgan fingerprint density at radius 1 is 1.30 bits per heavy atom. The summed E-state index contributed by atoms with van der Waals surface area (Å²) in [5, 5.41) is 2.77. The van der Waals surface area contributed by atoms with Crippen molar-refractivity contribution in [1.82, 2.24) is 9.97 Å². The molecule has 6 heteroatoms. The van der Waals surface area contributed by atoms with Gasteiger partial charge in [0.1, 0.15) is 0 Å². The smallest absolute Gasteiger partial charge is 0.408 e. The van der Waals surface area contributed by atoms with Gasteiger partial charge in [-0.25, -0.2) is 4.79 Å². The van der Waals surface area contributed by atoms with Gasteiger partial charge in [-0.15, -0.1) is 0 Å². The number of hydrogen-bond donors (Lipinski definition) is 2. The van der Waals surface area contributed by atoms with Crippen LogP contribution in [-0.4, -0.2) is 15.9 Å². The molecule has 0 atom stereocenters. The fraction of sp³-hybridized carbons (Fsp3) is 0.0714. The van der Waals surface area contributed by atoms with E-state index in [0.29, 0.717) is 22.4 Å². The number of aromatic nitrogens is 2. The molecule has 20 heavy (non-hydrogen) atoms. The maximum atomic E-state index is 12.1. The molecule has 0 fully saturated rings. The van der Waals surface area contributed by atoms with Gasteiger partial charge < -0.3 is 9.73 Å². The fourth-order valence-corrected chi connectivity index (χ4v) is 1.92. The Kier molecular flexibility index (Phi) is 2.83. The second-order valence-corrected chi connectivity index (χ2v) is 4.37. The van der Waals surface area contributed by atoms with E-state index in [-0.39, 0.29) is 5.91 Å². The van der Waals surface area contributed by atoms with Crippen LogP contribution in [0.3, 0.4) is 0 Å². The molecular weight excluding hydrogens is 258 g/mol. The number of anilines is 1. The molecule has 2 heterocycles. The number of rotatable bonds is 2. The van der Waals surface area contributed by atoms with Crippen molar-refractivity contribution in [3.8, 4) is 0 Å². The zero-order chi connectivity index (χ0) is 14.1. The molecule has 3 rings (SSSR count). The number of amides is 1. The number of carbonyl (C=O) groups is 1. The van der Waals surface area contributed by atoms with Crippen molar-refractivity contribution in [2.75, 3.05) is 5.32 Å². The Hall–Kier alpha value is -2.89. The number of H-pyrrole nitrogens is 1. The summed E-state index contributed by atoms with van der Waals surface area (Å²) in [5.74, 6) is -0.804. The van der Waals surface area contributed by atoms with Gasteiger partial charge in [-0.1, -0.05) is 0 Å². The molecule has 0 spiro atoms. The van der Waals surface area contributed by atoms with Crippen LogP contribution in [0.25, 0.3) is 11.1 Å². The van der Waals surface area contributed by atoms with Gasteiger partial charge >= 0.3 is 5.76 Å². The van der Waals surface area contributed by atoms with E-state index in [2.05, 4.69) is 15.3 Å². The lowest BCUT2D eigenvalue weighted by molar-refractivity contribution is 0.102. The van der Waals surface area contributed by atoms with Gasteiger partial charge in [0, 0.05) is 23.1 Å². The van der Waals surface area contributed by atoms with E-state index in [4.69, 9.17) is 4.42 Å². The zero-order valence-electron chi connectivity index (χ0n) is 10.6. The van der Waals surface area contributed by atoms with E-state index >= 15 is 0 Å². The van der Waals surface area contributed by atoms with E-state index in [1.807, 2.05) is 6.92 Å². The van der Waals surface area contributed by atoms with Crippen LogP contribution in [-0.2, 0) is 0 Å². The summed E-state index contributed by atoms with van der Waals surface area (Å²) in [6.07, 6.45) is 1.63. The molecule has 0 radical (unpaired) electrons. The standard InChI is InChI=1S/C14H11N3O3/c1-8-6-10(4-5-15-8)16-13(18)9-2-3-12-11(7-9)17-14(19)20-12/h2-7H,1H3,(H,17,19)(H,15,16,18). The van der Waals surface area contributed by atoms with Gasteiger partial charge in [-0.05, 0) is 37.3 Å². The molecule has 0 saturated heterocycles. The quantitative estimate of drug-likeness (QED) is 0.745. The lowest BCUT2D eigenvalue weighted by atomic mass is 10.2. The number of oxazole rings is 1. The molecule has 3 aromatic rings. The molecule has 2 N–H and O–H groups in total. The van der Waals surface area contributed by atoms with Crippen LogP contribution < -0.4 is 11.1 Å². The van der Waals surface area contributed by atoms with E-state index in [9.17, 15) is 9.59 Å². The number of hydrogen-bond acceptors (Lipinski definition) is 4. The number of fused-ring (bicyclic) bond motifs is 1. The number of aryl methyl sites for hydroxylation is 1. The lowest BCUT2D eigenvalue weighted by Gasteiger charge is -2.05. The van der Waals surface area contributed by atoms with Crippen LogP contribution in [0.5, 0.6) is 0 Å². The summed E-state index contributed by atoms with van der Waals surface area (Å²) in [6, 6.07) is 8.24. The van der Waals surface area contributed by atoms with Crippen molar-refractivity contribution < 1.29 is 9.21 Å². The molecular formula is C14H11N3O3. The van der Waals surface area contributed by atoms with Crippen LogP contribution in [0.1, 0.15) is 16.1 Å². The van der Waals surface area contributed by atoms with Gasteiger partial charge in [0.2, 0.25) is 0 Å². The number of carbonyl (C=O) groups excluding carboxylic acids is 1. The summed E-state index contributed by atoms with van der Waals surface area (Å²) in [5.41, 5.74) is 2.84. The third-order valence-corrected chi connectivity index (χ3v) is 2.84. The number of pyridine rings is 1. The second kappa shape index (κ2) is 4.65. The maximum Gasteiger partial charge on any atom is 0.417 e. The highest BCUT2D eigenvalue weighted by Gasteiger charge is 2.09. The van der Waals surface area contributed by atoms with Gasteiger partial charge in [0.25, 0.3) is 5.91 Å². The van der Waals surface area contributed by atoms with E-state index in [0.717, 1.165) is 5.69 Å². The topological polar surface area (TPSA) is 88.0 Å². The number of nitrogens with one attached hydrogen (secondary N) is 2. The van der Waals surface area contributed by atoms with Crippen LogP contribution >= 0.6 is 0 Å². The van der Waals surface area contributed by atoms with Crippen LogP contribution in [0.15, 0.2) is 45.7 Å². The first kappa shape index (κ1) is 12.2. The van der Waals surface area contributed by atoms with Crippen molar-refractivity contribution in [2.45, 2.75) is 6.92 Å². The summed E-state index contributed by atoms with van der Waals surface area (Å²) in [4.78, 5) is 29.8. The summed E-state index contributed by atoms with van der Waals surface area (Å²) < 4.78 is 4.89. The molecule has 0 saturated carbocycles. The third kappa shape index (κ3) is 2.31. The fourth-order valence-electron chi connectivity index (χ4n) is 1.92.